The van der Waals surface area contributed by atoms with Crippen molar-refractivity contribution in [3.63, 3.8) is 0 Å². The lowest BCUT2D eigenvalue weighted by Gasteiger charge is -2.05. The highest BCUT2D eigenvalue weighted by molar-refractivity contribution is 9.09. The smallest absolute Gasteiger partial charge is 0.355 e. The van der Waals surface area contributed by atoms with Gasteiger partial charge in [-0.05, 0) is 13.8 Å². The van der Waals surface area contributed by atoms with Gasteiger partial charge in [-0.1, -0.05) is 15.9 Å². The minimum Gasteiger partial charge on any atom is -0.461 e. The van der Waals surface area contributed by atoms with E-state index in [4.69, 9.17) is 4.74 Å². The van der Waals surface area contributed by atoms with E-state index in [9.17, 15) is 4.79 Å². The lowest BCUT2D eigenvalue weighted by molar-refractivity contribution is -0.138. The highest BCUT2D eigenvalue weighted by atomic mass is 79.9. The molecule has 0 saturated heterocycles. The first-order chi connectivity index (χ1) is 6.19. The Morgan fingerprint density at radius 2 is 2.46 bits per heavy atom. The summed E-state index contributed by atoms with van der Waals surface area (Å²) >= 11 is 4.99. The maximum Gasteiger partial charge on any atom is 0.355 e. The zero-order chi connectivity index (χ0) is 9.84. The molecule has 13 heavy (non-hydrogen) atoms. The lowest BCUT2D eigenvalue weighted by atomic mass is 10.4. The number of allylic oxidation sites excluding steroid dienone is 1. The van der Waals surface area contributed by atoms with Gasteiger partial charge in [-0.3, -0.25) is 0 Å². The van der Waals surface area contributed by atoms with Crippen molar-refractivity contribution < 1.29 is 9.53 Å². The number of esters is 1. The van der Waals surface area contributed by atoms with Crippen molar-refractivity contribution in [3.8, 4) is 0 Å². The predicted molar refractivity (Wildman–Crippen MR) is 57.6 cm³/mol. The topological polar surface area (TPSA) is 38.3 Å². The summed E-state index contributed by atoms with van der Waals surface area (Å²) in [4.78, 5) is 12.4. The monoisotopic (exact) mass is 265 g/mol. The summed E-state index contributed by atoms with van der Waals surface area (Å²) in [6.07, 6.45) is 0. The van der Waals surface area contributed by atoms with Crippen molar-refractivity contribution in [3.05, 3.63) is 10.6 Å². The van der Waals surface area contributed by atoms with Crippen LogP contribution in [0, 0.1) is 0 Å². The van der Waals surface area contributed by atoms with Gasteiger partial charge in [-0.25, -0.2) is 4.79 Å². The molecule has 1 atom stereocenters. The number of alkyl halides is 1. The standard InChI is InChI=1S/C8H12BrNO2S/c1-3-12-8(11)7-6(4-9)13-5(2)10-7/h5,10H,3-4H2,1-2H3. The summed E-state index contributed by atoms with van der Waals surface area (Å²) < 4.78 is 4.91. The number of carbonyl (C=O) groups excluding carboxylic acids is 1. The summed E-state index contributed by atoms with van der Waals surface area (Å²) in [5.41, 5.74) is 0.608. The van der Waals surface area contributed by atoms with E-state index in [2.05, 4.69) is 21.2 Å². The molecule has 0 fully saturated rings. The van der Waals surface area contributed by atoms with Crippen LogP contribution in [-0.2, 0) is 9.53 Å². The lowest BCUT2D eigenvalue weighted by Crippen LogP contribution is -2.23. The number of thioether (sulfide) groups is 1. The van der Waals surface area contributed by atoms with Crippen LogP contribution < -0.4 is 5.32 Å². The number of hydrogen-bond acceptors (Lipinski definition) is 4. The minimum atomic E-state index is -0.256. The second kappa shape index (κ2) is 4.91. The number of carbonyl (C=O) groups is 1. The van der Waals surface area contributed by atoms with Crippen LogP contribution in [0.4, 0.5) is 0 Å². The van der Waals surface area contributed by atoms with Crippen LogP contribution >= 0.6 is 27.7 Å². The molecular formula is C8H12BrNO2S. The van der Waals surface area contributed by atoms with Gasteiger partial charge in [0, 0.05) is 10.2 Å². The molecule has 0 bridgehead atoms. The van der Waals surface area contributed by atoms with E-state index < -0.39 is 0 Å². The molecule has 1 unspecified atom stereocenters. The number of hydrogen-bond donors (Lipinski definition) is 1. The number of nitrogens with one attached hydrogen (secondary N) is 1. The number of rotatable bonds is 3. The van der Waals surface area contributed by atoms with E-state index in [0.29, 0.717) is 17.6 Å². The van der Waals surface area contributed by atoms with Gasteiger partial charge in [0.1, 0.15) is 5.70 Å². The fourth-order valence-corrected chi connectivity index (χ4v) is 2.66. The normalized spacial score (nSPS) is 21.6. The van der Waals surface area contributed by atoms with Crippen molar-refractivity contribution in [2.45, 2.75) is 19.2 Å². The van der Waals surface area contributed by atoms with Gasteiger partial charge in [0.05, 0.1) is 12.0 Å². The molecule has 0 aromatic rings. The number of halogens is 1. The Morgan fingerprint density at radius 1 is 1.77 bits per heavy atom. The first-order valence-electron chi connectivity index (χ1n) is 4.08. The molecule has 0 amide bonds. The fraction of sp³-hybridized carbons (Fsp3) is 0.625. The van der Waals surface area contributed by atoms with Gasteiger partial charge in [-0.15, -0.1) is 11.8 Å². The van der Waals surface area contributed by atoms with Gasteiger partial charge < -0.3 is 10.1 Å². The molecular weight excluding hydrogens is 254 g/mol. The third kappa shape index (κ3) is 2.64. The quantitative estimate of drug-likeness (QED) is 0.625. The van der Waals surface area contributed by atoms with Gasteiger partial charge in [0.2, 0.25) is 0 Å². The van der Waals surface area contributed by atoms with Crippen molar-refractivity contribution in [2.75, 3.05) is 11.9 Å². The summed E-state index contributed by atoms with van der Waals surface area (Å²) in [5.74, 6) is -0.256. The summed E-state index contributed by atoms with van der Waals surface area (Å²) in [6, 6.07) is 0. The van der Waals surface area contributed by atoms with E-state index in [-0.39, 0.29) is 11.3 Å². The molecule has 3 nitrogen and oxygen atoms in total. The van der Waals surface area contributed by atoms with Crippen LogP contribution in [0.15, 0.2) is 10.6 Å². The molecule has 1 aliphatic heterocycles. The Hall–Kier alpha value is -0.160. The highest BCUT2D eigenvalue weighted by Gasteiger charge is 2.25. The first-order valence-corrected chi connectivity index (χ1v) is 6.08. The van der Waals surface area contributed by atoms with Crippen molar-refractivity contribution in [2.24, 2.45) is 0 Å². The molecule has 1 rings (SSSR count). The van der Waals surface area contributed by atoms with Gasteiger partial charge >= 0.3 is 5.97 Å². The Balaban J connectivity index is 2.70. The third-order valence-electron chi connectivity index (χ3n) is 1.55. The second-order valence-corrected chi connectivity index (χ2v) is 4.55. The van der Waals surface area contributed by atoms with E-state index in [1.807, 2.05) is 6.92 Å². The van der Waals surface area contributed by atoms with Crippen LogP contribution in [0.1, 0.15) is 13.8 Å². The van der Waals surface area contributed by atoms with Crippen LogP contribution in [-0.4, -0.2) is 23.3 Å². The summed E-state index contributed by atoms with van der Waals surface area (Å²) in [5, 5.41) is 4.03. The molecule has 0 saturated carbocycles. The second-order valence-electron chi connectivity index (χ2n) is 2.56. The van der Waals surface area contributed by atoms with Crippen molar-refractivity contribution in [1.29, 1.82) is 0 Å². The average molecular weight is 266 g/mol. The molecule has 1 aliphatic rings. The Bertz CT molecular complexity index is 242. The fourth-order valence-electron chi connectivity index (χ4n) is 1.06. The predicted octanol–water partition coefficient (Wildman–Crippen LogP) is 1.84. The van der Waals surface area contributed by atoms with E-state index in [1.165, 1.54) is 0 Å². The van der Waals surface area contributed by atoms with Crippen LogP contribution in [0.25, 0.3) is 0 Å². The SMILES string of the molecule is CCOC(=O)C1=C(CBr)SC(C)N1. The molecule has 0 aromatic carbocycles. The molecule has 1 heterocycles. The van der Waals surface area contributed by atoms with Gasteiger partial charge in [-0.2, -0.15) is 0 Å². The van der Waals surface area contributed by atoms with Gasteiger partial charge in [0.15, 0.2) is 0 Å². The maximum absolute atomic E-state index is 11.4. The van der Waals surface area contributed by atoms with E-state index in [0.717, 1.165) is 4.91 Å². The van der Waals surface area contributed by atoms with Crippen LogP contribution in [0.5, 0.6) is 0 Å². The first kappa shape index (κ1) is 10.9. The average Bonchev–Trinajstić information content (AvgIpc) is 2.47. The zero-order valence-electron chi connectivity index (χ0n) is 7.59. The molecule has 5 heteroatoms. The molecule has 0 radical (unpaired) electrons. The van der Waals surface area contributed by atoms with Crippen molar-refractivity contribution >= 4 is 33.7 Å². The largest absolute Gasteiger partial charge is 0.461 e. The third-order valence-corrected chi connectivity index (χ3v) is 3.58. The molecule has 0 spiro atoms. The number of ether oxygens (including phenoxy) is 1. The molecule has 0 aromatic heterocycles. The van der Waals surface area contributed by atoms with E-state index in [1.54, 1.807) is 18.7 Å². The van der Waals surface area contributed by atoms with E-state index >= 15 is 0 Å². The summed E-state index contributed by atoms with van der Waals surface area (Å²) in [7, 11) is 0. The van der Waals surface area contributed by atoms with Crippen LogP contribution in [0.3, 0.4) is 0 Å². The Kier molecular flexibility index (Phi) is 4.12. The Morgan fingerprint density at radius 3 is 3.00 bits per heavy atom. The highest BCUT2D eigenvalue weighted by Crippen LogP contribution is 2.31. The van der Waals surface area contributed by atoms with Crippen LogP contribution in [0.2, 0.25) is 0 Å². The Labute approximate surface area is 90.4 Å². The molecule has 1 N–H and O–H groups in total. The minimum absolute atomic E-state index is 0.256. The maximum atomic E-state index is 11.4. The van der Waals surface area contributed by atoms with Gasteiger partial charge in [0.25, 0.3) is 0 Å². The molecule has 74 valence electrons. The summed E-state index contributed by atoms with van der Waals surface area (Å²) in [6.45, 7) is 4.23. The van der Waals surface area contributed by atoms with Crippen molar-refractivity contribution in [1.82, 2.24) is 5.32 Å². The zero-order valence-corrected chi connectivity index (χ0v) is 10.00. The molecule has 0 aliphatic carbocycles.